The first-order valence-electron chi connectivity index (χ1n) is 8.01. The van der Waals surface area contributed by atoms with Gasteiger partial charge in [0.25, 0.3) is 0 Å². The van der Waals surface area contributed by atoms with E-state index in [-0.39, 0.29) is 11.8 Å². The monoisotopic (exact) mass is 383 g/mol. The third kappa shape index (κ3) is 4.34. The Kier molecular flexibility index (Phi) is 5.76. The van der Waals surface area contributed by atoms with Crippen molar-refractivity contribution < 1.29 is 9.59 Å². The van der Waals surface area contributed by atoms with Crippen molar-refractivity contribution in [3.63, 3.8) is 0 Å². The lowest BCUT2D eigenvalue weighted by atomic mass is 10.2. The number of hydrogen-bond donors (Lipinski definition) is 1. The topological polar surface area (TPSA) is 73.2 Å². The van der Waals surface area contributed by atoms with Gasteiger partial charge in [-0.1, -0.05) is 0 Å². The van der Waals surface area contributed by atoms with Crippen LogP contribution in [0.3, 0.4) is 0 Å². The van der Waals surface area contributed by atoms with Crippen molar-refractivity contribution in [3.8, 4) is 6.07 Å². The number of amides is 2. The number of carbonyl (C=O) groups is 2. The minimum atomic E-state index is -0.502. The lowest BCUT2D eigenvalue weighted by Crippen LogP contribution is -2.43. The van der Waals surface area contributed by atoms with Crippen LogP contribution < -0.4 is 5.32 Å². The molecule has 0 spiro atoms. The Labute approximate surface area is 160 Å². The number of aryl methyl sites for hydroxylation is 1. The second kappa shape index (κ2) is 8.21. The smallest absolute Gasteiger partial charge is 0.248 e. The van der Waals surface area contributed by atoms with Crippen molar-refractivity contribution in [1.82, 2.24) is 4.90 Å². The first-order chi connectivity index (χ1) is 12.6. The van der Waals surface area contributed by atoms with Gasteiger partial charge in [-0.05, 0) is 49.4 Å². The lowest BCUT2D eigenvalue weighted by Gasteiger charge is -2.21. The van der Waals surface area contributed by atoms with E-state index in [1.54, 1.807) is 58.3 Å². The Hall–Kier alpha value is -2.56. The first kappa shape index (κ1) is 18.2. The number of thioether (sulfide) groups is 1. The molecule has 0 saturated carbocycles. The van der Waals surface area contributed by atoms with Gasteiger partial charge in [0, 0.05) is 27.3 Å². The van der Waals surface area contributed by atoms with Gasteiger partial charge < -0.3 is 10.2 Å². The molecule has 1 aromatic heterocycles. The molecule has 2 amide bonds. The average Bonchev–Trinajstić information content (AvgIpc) is 3.29. The van der Waals surface area contributed by atoms with E-state index in [1.807, 2.05) is 25.1 Å². The predicted octanol–water partition coefficient (Wildman–Crippen LogP) is 3.48. The number of rotatable bonds is 4. The maximum absolute atomic E-state index is 12.6. The van der Waals surface area contributed by atoms with Crippen molar-refractivity contribution in [1.29, 1.82) is 5.26 Å². The van der Waals surface area contributed by atoms with Crippen LogP contribution in [0.15, 0.2) is 42.5 Å². The third-order valence-electron chi connectivity index (χ3n) is 3.90. The number of hydrogen-bond acceptors (Lipinski definition) is 5. The van der Waals surface area contributed by atoms with Crippen molar-refractivity contribution in [2.24, 2.45) is 0 Å². The Balaban J connectivity index is 1.64. The molecule has 1 saturated heterocycles. The molecule has 5 nitrogen and oxygen atoms in total. The fourth-order valence-electron chi connectivity index (χ4n) is 2.52. The summed E-state index contributed by atoms with van der Waals surface area (Å²) in [7, 11) is 0. The molecule has 0 bridgehead atoms. The van der Waals surface area contributed by atoms with Gasteiger partial charge in [0.05, 0.1) is 17.5 Å². The van der Waals surface area contributed by atoms with Gasteiger partial charge in [0.1, 0.15) is 6.04 Å². The van der Waals surface area contributed by atoms with Crippen LogP contribution in [0.1, 0.15) is 15.3 Å². The van der Waals surface area contributed by atoms with Gasteiger partial charge >= 0.3 is 0 Å². The summed E-state index contributed by atoms with van der Waals surface area (Å²) in [6, 6.07) is 12.2. The molecule has 0 aliphatic carbocycles. The van der Waals surface area contributed by atoms with Crippen LogP contribution in [0.2, 0.25) is 0 Å². The SMILES string of the molecule is Cc1ccc(C=CC(=O)N2CSCC2C(=O)Nc2ccc(C#N)cc2)s1. The van der Waals surface area contributed by atoms with E-state index in [9.17, 15) is 9.59 Å². The maximum atomic E-state index is 12.6. The van der Waals surface area contributed by atoms with Gasteiger partial charge in [0.15, 0.2) is 0 Å². The summed E-state index contributed by atoms with van der Waals surface area (Å²) in [5, 5.41) is 11.6. The van der Waals surface area contributed by atoms with Crippen molar-refractivity contribution in [2.45, 2.75) is 13.0 Å². The number of thiophene rings is 1. The molecule has 132 valence electrons. The quantitative estimate of drug-likeness (QED) is 0.821. The fourth-order valence-corrected chi connectivity index (χ4v) is 4.47. The highest BCUT2D eigenvalue weighted by Crippen LogP contribution is 2.23. The number of nitrogens with zero attached hydrogens (tertiary/aromatic N) is 2. The summed E-state index contributed by atoms with van der Waals surface area (Å²) in [5.41, 5.74) is 1.15. The van der Waals surface area contributed by atoms with E-state index in [1.165, 1.54) is 11.0 Å². The van der Waals surface area contributed by atoms with E-state index in [0.29, 0.717) is 22.9 Å². The number of anilines is 1. The van der Waals surface area contributed by atoms with Crippen LogP contribution in [0.4, 0.5) is 5.69 Å². The molecule has 2 aromatic rings. The zero-order valence-electron chi connectivity index (χ0n) is 14.1. The zero-order valence-corrected chi connectivity index (χ0v) is 15.8. The minimum Gasteiger partial charge on any atom is -0.324 e. The molecule has 0 radical (unpaired) electrons. The summed E-state index contributed by atoms with van der Waals surface area (Å²) in [6.07, 6.45) is 3.32. The molecule has 1 atom stereocenters. The Bertz CT molecular complexity index is 881. The molecular formula is C19H17N3O2S2. The van der Waals surface area contributed by atoms with Gasteiger partial charge in [-0.25, -0.2) is 0 Å². The van der Waals surface area contributed by atoms with E-state index in [2.05, 4.69) is 5.32 Å². The van der Waals surface area contributed by atoms with Crippen molar-refractivity contribution in [3.05, 3.63) is 57.8 Å². The van der Waals surface area contributed by atoms with Crippen LogP contribution in [0, 0.1) is 18.3 Å². The van der Waals surface area contributed by atoms with Crippen LogP contribution >= 0.6 is 23.1 Å². The molecule has 1 aliphatic rings. The van der Waals surface area contributed by atoms with Crippen molar-refractivity contribution >= 4 is 46.7 Å². The molecule has 3 rings (SSSR count). The van der Waals surface area contributed by atoms with Crippen molar-refractivity contribution in [2.75, 3.05) is 16.9 Å². The van der Waals surface area contributed by atoms with E-state index >= 15 is 0 Å². The molecule has 2 heterocycles. The number of nitrogens with one attached hydrogen (secondary N) is 1. The highest BCUT2D eigenvalue weighted by Gasteiger charge is 2.33. The van der Waals surface area contributed by atoms with E-state index in [4.69, 9.17) is 5.26 Å². The maximum Gasteiger partial charge on any atom is 0.248 e. The van der Waals surface area contributed by atoms with Gasteiger partial charge in [-0.2, -0.15) is 5.26 Å². The van der Waals surface area contributed by atoms with Crippen LogP contribution in [-0.2, 0) is 9.59 Å². The zero-order chi connectivity index (χ0) is 18.5. The number of nitriles is 1. The second-order valence-electron chi connectivity index (χ2n) is 5.78. The molecule has 1 N–H and O–H groups in total. The fraction of sp³-hybridized carbons (Fsp3) is 0.211. The largest absolute Gasteiger partial charge is 0.324 e. The van der Waals surface area contributed by atoms with Gasteiger partial charge in [-0.3, -0.25) is 9.59 Å². The van der Waals surface area contributed by atoms with Gasteiger partial charge in [0.2, 0.25) is 11.8 Å². The average molecular weight is 383 g/mol. The molecule has 7 heteroatoms. The number of carbonyl (C=O) groups excluding carboxylic acids is 2. The molecule has 1 aromatic carbocycles. The highest BCUT2D eigenvalue weighted by atomic mass is 32.2. The lowest BCUT2D eigenvalue weighted by molar-refractivity contribution is -0.132. The number of benzene rings is 1. The third-order valence-corrected chi connectivity index (χ3v) is 5.88. The van der Waals surface area contributed by atoms with E-state index < -0.39 is 6.04 Å². The van der Waals surface area contributed by atoms with Crippen LogP contribution in [0.5, 0.6) is 0 Å². The highest BCUT2D eigenvalue weighted by molar-refractivity contribution is 7.99. The molecule has 1 unspecified atom stereocenters. The molecule has 1 aliphatic heterocycles. The van der Waals surface area contributed by atoms with Crippen LogP contribution in [-0.4, -0.2) is 34.4 Å². The standard InChI is InChI=1S/C19H17N3O2S2/c1-13-2-7-16(26-13)8-9-18(23)22-12-25-11-17(22)19(24)21-15-5-3-14(10-20)4-6-15/h2-9,17H,11-12H2,1H3,(H,21,24). The van der Waals surface area contributed by atoms with Crippen LogP contribution in [0.25, 0.3) is 6.08 Å². The summed E-state index contributed by atoms with van der Waals surface area (Å²) < 4.78 is 0. The predicted molar refractivity (Wildman–Crippen MR) is 106 cm³/mol. The summed E-state index contributed by atoms with van der Waals surface area (Å²) >= 11 is 3.18. The normalized spacial score (nSPS) is 16.6. The summed E-state index contributed by atoms with van der Waals surface area (Å²) in [4.78, 5) is 28.8. The molecule has 1 fully saturated rings. The summed E-state index contributed by atoms with van der Waals surface area (Å²) in [6.45, 7) is 2.02. The Morgan fingerprint density at radius 1 is 1.27 bits per heavy atom. The second-order valence-corrected chi connectivity index (χ2v) is 8.10. The Morgan fingerprint density at radius 2 is 2.04 bits per heavy atom. The first-order valence-corrected chi connectivity index (χ1v) is 9.98. The van der Waals surface area contributed by atoms with Gasteiger partial charge in [-0.15, -0.1) is 23.1 Å². The Morgan fingerprint density at radius 3 is 2.69 bits per heavy atom. The summed E-state index contributed by atoms with van der Waals surface area (Å²) in [5.74, 6) is 0.687. The molecular weight excluding hydrogens is 366 g/mol. The minimum absolute atomic E-state index is 0.166. The van der Waals surface area contributed by atoms with E-state index in [0.717, 1.165) is 4.88 Å². The molecule has 26 heavy (non-hydrogen) atoms.